The number of likely N-dealkylation sites (N-methyl/N-ethyl adjacent to an activating group) is 1. The number of ether oxygens (including phenoxy) is 2. The van der Waals surface area contributed by atoms with Crippen molar-refractivity contribution in [3.8, 4) is 11.5 Å². The maximum absolute atomic E-state index is 12.4. The number of halogens is 1. The normalized spacial score (nSPS) is 15.4. The highest BCUT2D eigenvalue weighted by atomic mass is 35.5. The Morgan fingerprint density at radius 1 is 1.29 bits per heavy atom. The van der Waals surface area contributed by atoms with E-state index < -0.39 is 0 Å². The predicted molar refractivity (Wildman–Crippen MR) is 119 cm³/mol. The molecule has 4 nitrogen and oxygen atoms in total. The topological polar surface area (TPSA) is 38.8 Å². The van der Waals surface area contributed by atoms with E-state index >= 15 is 0 Å². The Morgan fingerprint density at radius 2 is 2.04 bits per heavy atom. The Bertz CT molecular complexity index is 959. The van der Waals surface area contributed by atoms with Crippen LogP contribution in [0.5, 0.6) is 11.5 Å². The van der Waals surface area contributed by atoms with Gasteiger partial charge in [-0.15, -0.1) is 0 Å². The summed E-state index contributed by atoms with van der Waals surface area (Å²) in [6, 6.07) is 11.6. The average Bonchev–Trinajstić information content (AvgIpc) is 2.94. The van der Waals surface area contributed by atoms with E-state index in [-0.39, 0.29) is 5.91 Å². The van der Waals surface area contributed by atoms with Crippen molar-refractivity contribution in [2.75, 3.05) is 13.7 Å². The van der Waals surface area contributed by atoms with E-state index in [1.54, 1.807) is 30.2 Å². The van der Waals surface area contributed by atoms with Crippen LogP contribution in [0.3, 0.4) is 0 Å². The number of amides is 1. The van der Waals surface area contributed by atoms with Crippen LogP contribution in [0.2, 0.25) is 5.02 Å². The predicted octanol–water partition coefficient (Wildman–Crippen LogP) is 5.46. The maximum Gasteiger partial charge on any atom is 0.266 e. The molecule has 1 aliphatic rings. The summed E-state index contributed by atoms with van der Waals surface area (Å²) in [6.07, 6.45) is 1.77. The summed E-state index contributed by atoms with van der Waals surface area (Å²) in [7, 11) is 1.56. The van der Waals surface area contributed by atoms with Crippen LogP contribution in [0, 0.1) is 6.92 Å². The second kappa shape index (κ2) is 8.99. The largest absolute Gasteiger partial charge is 0.493 e. The van der Waals surface area contributed by atoms with E-state index in [1.807, 2.05) is 38.1 Å². The number of carbonyl (C=O) groups is 1. The van der Waals surface area contributed by atoms with E-state index in [9.17, 15) is 4.79 Å². The molecule has 146 valence electrons. The molecule has 1 heterocycles. The van der Waals surface area contributed by atoms with Crippen molar-refractivity contribution < 1.29 is 14.3 Å². The molecule has 0 bridgehead atoms. The van der Waals surface area contributed by atoms with Gasteiger partial charge < -0.3 is 9.47 Å². The van der Waals surface area contributed by atoms with Crippen LogP contribution < -0.4 is 9.47 Å². The highest BCUT2D eigenvalue weighted by Crippen LogP contribution is 2.39. The van der Waals surface area contributed by atoms with Gasteiger partial charge in [-0.25, -0.2) is 0 Å². The fourth-order valence-corrected chi connectivity index (χ4v) is 4.47. The summed E-state index contributed by atoms with van der Waals surface area (Å²) < 4.78 is 12.0. The third-order valence-electron chi connectivity index (χ3n) is 4.37. The van der Waals surface area contributed by atoms with Gasteiger partial charge in [0.25, 0.3) is 5.91 Å². The number of hydrogen-bond donors (Lipinski definition) is 0. The van der Waals surface area contributed by atoms with Gasteiger partial charge >= 0.3 is 0 Å². The van der Waals surface area contributed by atoms with Crippen LogP contribution in [0.15, 0.2) is 41.3 Å². The maximum atomic E-state index is 12.4. The van der Waals surface area contributed by atoms with E-state index in [4.69, 9.17) is 33.3 Å². The number of rotatable bonds is 6. The number of methoxy groups -OCH3 is 1. The molecule has 1 amide bonds. The van der Waals surface area contributed by atoms with Gasteiger partial charge in [-0.3, -0.25) is 9.69 Å². The second-order valence-electron chi connectivity index (χ2n) is 6.18. The van der Waals surface area contributed by atoms with Gasteiger partial charge in [0.05, 0.1) is 17.0 Å². The SMILES string of the molecule is CCN1C(=O)/C(=C/c2cc(Cl)c(OCc3ccccc3C)c(OC)c2)SC1=S. The van der Waals surface area contributed by atoms with Gasteiger partial charge in [-0.05, 0) is 48.7 Å². The summed E-state index contributed by atoms with van der Waals surface area (Å²) in [4.78, 5) is 14.6. The summed E-state index contributed by atoms with van der Waals surface area (Å²) in [6.45, 7) is 4.87. The number of benzene rings is 2. The van der Waals surface area contributed by atoms with Crippen LogP contribution in [0.25, 0.3) is 6.08 Å². The Morgan fingerprint density at radius 3 is 2.68 bits per heavy atom. The lowest BCUT2D eigenvalue weighted by molar-refractivity contribution is -0.121. The molecule has 28 heavy (non-hydrogen) atoms. The zero-order valence-electron chi connectivity index (χ0n) is 15.8. The smallest absolute Gasteiger partial charge is 0.266 e. The van der Waals surface area contributed by atoms with E-state index in [0.717, 1.165) is 16.7 Å². The minimum Gasteiger partial charge on any atom is -0.493 e. The Balaban J connectivity index is 1.86. The lowest BCUT2D eigenvalue weighted by Gasteiger charge is -2.14. The summed E-state index contributed by atoms with van der Waals surface area (Å²) >= 11 is 13.0. The number of thiocarbonyl (C=S) groups is 1. The summed E-state index contributed by atoms with van der Waals surface area (Å²) in [5.41, 5.74) is 2.97. The lowest BCUT2D eigenvalue weighted by atomic mass is 10.1. The molecular formula is C21H20ClNO3S2. The van der Waals surface area contributed by atoms with Crippen LogP contribution >= 0.6 is 35.6 Å². The van der Waals surface area contributed by atoms with Crippen LogP contribution in [-0.2, 0) is 11.4 Å². The van der Waals surface area contributed by atoms with Crippen molar-refractivity contribution in [3.05, 3.63) is 63.0 Å². The average molecular weight is 434 g/mol. The number of aryl methyl sites for hydroxylation is 1. The lowest BCUT2D eigenvalue weighted by Crippen LogP contribution is -2.27. The molecule has 0 spiro atoms. The number of hydrogen-bond acceptors (Lipinski definition) is 5. The molecule has 0 aliphatic carbocycles. The highest BCUT2D eigenvalue weighted by molar-refractivity contribution is 8.26. The van der Waals surface area contributed by atoms with E-state index in [0.29, 0.717) is 38.9 Å². The van der Waals surface area contributed by atoms with E-state index in [1.165, 1.54) is 11.8 Å². The molecule has 0 aromatic heterocycles. The zero-order valence-corrected chi connectivity index (χ0v) is 18.2. The van der Waals surface area contributed by atoms with Gasteiger partial charge in [0.2, 0.25) is 0 Å². The third kappa shape index (κ3) is 4.35. The number of carbonyl (C=O) groups excluding carboxylic acids is 1. The molecular weight excluding hydrogens is 414 g/mol. The van der Waals surface area contributed by atoms with Gasteiger partial charge in [0.15, 0.2) is 11.5 Å². The quantitative estimate of drug-likeness (QED) is 0.447. The molecule has 0 unspecified atom stereocenters. The molecule has 1 aliphatic heterocycles. The number of thioether (sulfide) groups is 1. The Kier molecular flexibility index (Phi) is 6.65. The molecule has 2 aromatic carbocycles. The first-order chi connectivity index (χ1) is 13.4. The Hall–Kier alpha value is -2.02. The monoisotopic (exact) mass is 433 g/mol. The minimum absolute atomic E-state index is 0.0903. The molecule has 3 rings (SSSR count). The van der Waals surface area contributed by atoms with Gasteiger partial charge in [-0.2, -0.15) is 0 Å². The Labute approximate surface area is 179 Å². The number of nitrogens with zero attached hydrogens (tertiary/aromatic N) is 1. The molecule has 1 saturated heterocycles. The fraction of sp³-hybridized carbons (Fsp3) is 0.238. The second-order valence-corrected chi connectivity index (χ2v) is 8.26. The van der Waals surface area contributed by atoms with Crippen molar-refractivity contribution in [1.29, 1.82) is 0 Å². The molecule has 0 N–H and O–H groups in total. The first kappa shape index (κ1) is 20.7. The highest BCUT2D eigenvalue weighted by Gasteiger charge is 2.30. The standard InChI is InChI=1S/C21H20ClNO3S2/c1-4-23-20(24)18(28-21(23)27)11-14-9-16(22)19(17(10-14)25-3)26-12-15-8-6-5-7-13(15)2/h5-11H,4,12H2,1-3H3/b18-11-. The van der Waals surface area contributed by atoms with Crippen molar-refractivity contribution >= 4 is 51.9 Å². The molecule has 7 heteroatoms. The van der Waals surface area contributed by atoms with Crippen molar-refractivity contribution in [1.82, 2.24) is 4.90 Å². The summed E-state index contributed by atoms with van der Waals surface area (Å²) in [5, 5.41) is 0.421. The molecule has 1 fully saturated rings. The van der Waals surface area contributed by atoms with Gasteiger partial charge in [-0.1, -0.05) is 59.8 Å². The zero-order chi connectivity index (χ0) is 20.3. The summed E-state index contributed by atoms with van der Waals surface area (Å²) in [5.74, 6) is 0.899. The van der Waals surface area contributed by atoms with Gasteiger partial charge in [0, 0.05) is 6.54 Å². The fourth-order valence-electron chi connectivity index (χ4n) is 2.81. The van der Waals surface area contributed by atoms with E-state index in [2.05, 4.69) is 0 Å². The molecule has 0 saturated carbocycles. The van der Waals surface area contributed by atoms with Crippen molar-refractivity contribution in [3.63, 3.8) is 0 Å². The van der Waals surface area contributed by atoms with Crippen LogP contribution in [0.1, 0.15) is 23.6 Å². The van der Waals surface area contributed by atoms with Crippen molar-refractivity contribution in [2.45, 2.75) is 20.5 Å². The molecule has 0 atom stereocenters. The van der Waals surface area contributed by atoms with Crippen molar-refractivity contribution in [2.24, 2.45) is 0 Å². The first-order valence-electron chi connectivity index (χ1n) is 8.74. The molecule has 0 radical (unpaired) electrons. The van der Waals surface area contributed by atoms with Gasteiger partial charge in [0.1, 0.15) is 10.9 Å². The third-order valence-corrected chi connectivity index (χ3v) is 6.03. The van der Waals surface area contributed by atoms with Crippen LogP contribution in [0.4, 0.5) is 0 Å². The molecule has 2 aromatic rings. The first-order valence-corrected chi connectivity index (χ1v) is 10.3. The van der Waals surface area contributed by atoms with Crippen LogP contribution in [-0.4, -0.2) is 28.8 Å². The minimum atomic E-state index is -0.0903.